The molecule has 154 valence electrons. The molecule has 1 atom stereocenters. The number of anilines is 2. The third kappa shape index (κ3) is 5.76. The second kappa shape index (κ2) is 9.82. The van der Waals surface area contributed by atoms with Gasteiger partial charge in [-0.25, -0.2) is 0 Å². The number of benzene rings is 2. The highest BCUT2D eigenvalue weighted by atomic mass is 32.1. The fraction of sp³-hybridized carbons (Fsp3) is 0.136. The summed E-state index contributed by atoms with van der Waals surface area (Å²) in [6.45, 7) is 1.55. The summed E-state index contributed by atoms with van der Waals surface area (Å²) in [5.41, 5.74) is 1.70. The van der Waals surface area contributed by atoms with Crippen LogP contribution in [0, 0.1) is 0 Å². The topological polar surface area (TPSA) is 108 Å². The van der Waals surface area contributed by atoms with Gasteiger partial charge in [0.05, 0.1) is 6.54 Å². The molecular formula is C22H21N3O4S. The van der Waals surface area contributed by atoms with Gasteiger partial charge >= 0.3 is 11.8 Å². The molecule has 0 saturated carbocycles. The number of nitrogens with one attached hydrogen (secondary N) is 3. The molecule has 7 nitrogen and oxygen atoms in total. The van der Waals surface area contributed by atoms with E-state index in [0.29, 0.717) is 11.4 Å². The first-order valence-corrected chi connectivity index (χ1v) is 10.0. The summed E-state index contributed by atoms with van der Waals surface area (Å²) in [5.74, 6) is -1.82. The standard InChI is InChI=1S/C22H21N3O4S/c1-14(26)24-16-8-5-9-17(12-16)25-22(29)21(28)23-13-18-10-11-19(30-18)20(27)15-6-3-2-4-7-15/h2-12,20,27H,13H2,1H3,(H,23,28)(H,24,26)(H,25,29). The van der Waals surface area contributed by atoms with Crippen molar-refractivity contribution in [2.75, 3.05) is 10.6 Å². The van der Waals surface area contributed by atoms with E-state index in [1.807, 2.05) is 30.3 Å². The van der Waals surface area contributed by atoms with Crippen molar-refractivity contribution in [1.82, 2.24) is 5.32 Å². The number of aliphatic hydroxyl groups is 1. The SMILES string of the molecule is CC(=O)Nc1cccc(NC(=O)C(=O)NCc2ccc(C(O)c3ccccc3)s2)c1. The Morgan fingerprint density at radius 1 is 0.900 bits per heavy atom. The van der Waals surface area contributed by atoms with Gasteiger partial charge in [-0.05, 0) is 35.9 Å². The van der Waals surface area contributed by atoms with Crippen LogP contribution < -0.4 is 16.0 Å². The maximum atomic E-state index is 12.1. The Morgan fingerprint density at radius 2 is 1.60 bits per heavy atom. The number of carbonyl (C=O) groups is 3. The molecule has 0 aliphatic carbocycles. The summed E-state index contributed by atoms with van der Waals surface area (Å²) in [7, 11) is 0. The third-order valence-corrected chi connectivity index (χ3v) is 5.28. The van der Waals surface area contributed by atoms with E-state index in [9.17, 15) is 19.5 Å². The molecule has 1 heterocycles. The zero-order chi connectivity index (χ0) is 21.5. The average molecular weight is 423 g/mol. The monoisotopic (exact) mass is 423 g/mol. The summed E-state index contributed by atoms with van der Waals surface area (Å²) in [4.78, 5) is 36.9. The number of thiophene rings is 1. The molecule has 0 saturated heterocycles. The highest BCUT2D eigenvalue weighted by molar-refractivity contribution is 7.12. The summed E-state index contributed by atoms with van der Waals surface area (Å²) < 4.78 is 0. The van der Waals surface area contributed by atoms with E-state index >= 15 is 0 Å². The zero-order valence-electron chi connectivity index (χ0n) is 16.2. The van der Waals surface area contributed by atoms with E-state index in [4.69, 9.17) is 0 Å². The van der Waals surface area contributed by atoms with Crippen LogP contribution in [0.25, 0.3) is 0 Å². The lowest BCUT2D eigenvalue weighted by molar-refractivity contribution is -0.136. The second-order valence-corrected chi connectivity index (χ2v) is 7.72. The molecule has 1 aromatic heterocycles. The molecule has 3 amide bonds. The fourth-order valence-corrected chi connectivity index (χ4v) is 3.72. The predicted octanol–water partition coefficient (Wildman–Crippen LogP) is 3.04. The van der Waals surface area contributed by atoms with Gasteiger partial charge in [0.25, 0.3) is 0 Å². The Morgan fingerprint density at radius 3 is 2.30 bits per heavy atom. The first kappa shape index (κ1) is 21.2. The van der Waals surface area contributed by atoms with Gasteiger partial charge in [-0.1, -0.05) is 36.4 Å². The van der Waals surface area contributed by atoms with Crippen molar-refractivity contribution >= 4 is 40.4 Å². The van der Waals surface area contributed by atoms with Gasteiger partial charge in [0.1, 0.15) is 6.10 Å². The quantitative estimate of drug-likeness (QED) is 0.457. The van der Waals surface area contributed by atoms with Crippen molar-refractivity contribution in [3.63, 3.8) is 0 Å². The molecule has 3 aromatic rings. The van der Waals surface area contributed by atoms with Gasteiger partial charge in [0, 0.05) is 28.1 Å². The highest BCUT2D eigenvalue weighted by Crippen LogP contribution is 2.28. The van der Waals surface area contributed by atoms with E-state index in [1.165, 1.54) is 18.3 Å². The largest absolute Gasteiger partial charge is 0.383 e. The zero-order valence-corrected chi connectivity index (χ0v) is 17.0. The van der Waals surface area contributed by atoms with Crippen molar-refractivity contribution in [2.24, 2.45) is 0 Å². The lowest BCUT2D eigenvalue weighted by Crippen LogP contribution is -2.34. The Labute approximate surface area is 177 Å². The number of hydrogen-bond acceptors (Lipinski definition) is 5. The molecule has 0 radical (unpaired) electrons. The van der Waals surface area contributed by atoms with Crippen LogP contribution in [0.5, 0.6) is 0 Å². The Balaban J connectivity index is 1.54. The Hall–Kier alpha value is -3.49. The predicted molar refractivity (Wildman–Crippen MR) is 116 cm³/mol. The molecule has 4 N–H and O–H groups in total. The lowest BCUT2D eigenvalue weighted by atomic mass is 10.1. The van der Waals surface area contributed by atoms with Gasteiger partial charge in [-0.15, -0.1) is 11.3 Å². The number of rotatable bonds is 6. The van der Waals surface area contributed by atoms with E-state index < -0.39 is 17.9 Å². The molecule has 0 aliphatic rings. The van der Waals surface area contributed by atoms with E-state index in [0.717, 1.165) is 15.3 Å². The minimum atomic E-state index is -0.809. The van der Waals surface area contributed by atoms with Gasteiger partial charge in [-0.3, -0.25) is 14.4 Å². The molecule has 0 bridgehead atoms. The van der Waals surface area contributed by atoms with Crippen molar-refractivity contribution in [3.8, 4) is 0 Å². The summed E-state index contributed by atoms with van der Waals surface area (Å²) in [6.07, 6.45) is -0.736. The van der Waals surface area contributed by atoms with E-state index in [-0.39, 0.29) is 12.5 Å². The summed E-state index contributed by atoms with van der Waals surface area (Å²) >= 11 is 1.36. The highest BCUT2D eigenvalue weighted by Gasteiger charge is 2.16. The molecule has 0 spiro atoms. The molecule has 3 rings (SSSR count). The summed E-state index contributed by atoms with van der Waals surface area (Å²) in [6, 6.07) is 19.4. The van der Waals surface area contributed by atoms with Crippen LogP contribution in [0.4, 0.5) is 11.4 Å². The van der Waals surface area contributed by atoms with Crippen LogP contribution in [0.3, 0.4) is 0 Å². The van der Waals surface area contributed by atoms with Crippen LogP contribution >= 0.6 is 11.3 Å². The first-order valence-electron chi connectivity index (χ1n) is 9.21. The molecule has 30 heavy (non-hydrogen) atoms. The van der Waals surface area contributed by atoms with Crippen LogP contribution in [0.2, 0.25) is 0 Å². The fourth-order valence-electron chi connectivity index (χ4n) is 2.75. The molecule has 0 aliphatic heterocycles. The average Bonchev–Trinajstić information content (AvgIpc) is 3.21. The van der Waals surface area contributed by atoms with Gasteiger partial charge in [0.2, 0.25) is 5.91 Å². The summed E-state index contributed by atoms with van der Waals surface area (Å²) in [5, 5.41) is 18.1. The maximum absolute atomic E-state index is 12.1. The molecule has 8 heteroatoms. The van der Waals surface area contributed by atoms with Crippen molar-refractivity contribution in [2.45, 2.75) is 19.6 Å². The number of aliphatic hydroxyl groups excluding tert-OH is 1. The van der Waals surface area contributed by atoms with Crippen LogP contribution in [0.1, 0.15) is 28.3 Å². The third-order valence-electron chi connectivity index (χ3n) is 4.14. The molecular weight excluding hydrogens is 402 g/mol. The van der Waals surface area contributed by atoms with Crippen molar-refractivity contribution in [3.05, 3.63) is 82.0 Å². The minimum absolute atomic E-state index is 0.171. The minimum Gasteiger partial charge on any atom is -0.383 e. The number of amides is 3. The van der Waals surface area contributed by atoms with Crippen molar-refractivity contribution in [1.29, 1.82) is 0 Å². The number of carbonyl (C=O) groups excluding carboxylic acids is 3. The molecule has 1 unspecified atom stereocenters. The van der Waals surface area contributed by atoms with E-state index in [1.54, 1.807) is 36.4 Å². The van der Waals surface area contributed by atoms with Gasteiger partial charge in [-0.2, -0.15) is 0 Å². The van der Waals surface area contributed by atoms with Crippen LogP contribution in [-0.4, -0.2) is 22.8 Å². The second-order valence-electron chi connectivity index (χ2n) is 6.52. The molecule has 0 fully saturated rings. The molecule has 2 aromatic carbocycles. The Kier molecular flexibility index (Phi) is 6.95. The van der Waals surface area contributed by atoms with Gasteiger partial charge in [0.15, 0.2) is 0 Å². The van der Waals surface area contributed by atoms with Crippen LogP contribution in [0.15, 0.2) is 66.7 Å². The van der Waals surface area contributed by atoms with Gasteiger partial charge < -0.3 is 21.1 Å². The maximum Gasteiger partial charge on any atom is 0.313 e. The number of hydrogen-bond donors (Lipinski definition) is 4. The van der Waals surface area contributed by atoms with Crippen LogP contribution in [-0.2, 0) is 20.9 Å². The lowest BCUT2D eigenvalue weighted by Gasteiger charge is -2.09. The smallest absolute Gasteiger partial charge is 0.313 e. The first-order chi connectivity index (χ1) is 14.4. The Bertz CT molecular complexity index is 1050. The van der Waals surface area contributed by atoms with Crippen molar-refractivity contribution < 1.29 is 19.5 Å². The van der Waals surface area contributed by atoms with E-state index in [2.05, 4.69) is 16.0 Å². The normalized spacial score (nSPS) is 11.4.